The van der Waals surface area contributed by atoms with Crippen molar-refractivity contribution < 1.29 is 9.53 Å². The quantitative estimate of drug-likeness (QED) is 0.661. The highest BCUT2D eigenvalue weighted by Gasteiger charge is 2.22. The number of methoxy groups -OCH3 is 1. The van der Waals surface area contributed by atoms with Crippen LogP contribution in [0.1, 0.15) is 24.8 Å². The predicted octanol–water partition coefficient (Wildman–Crippen LogP) is 2.09. The Morgan fingerprint density at radius 2 is 2.04 bits per heavy atom. The molecule has 0 N–H and O–H groups in total. The first kappa shape index (κ1) is 20.3. The smallest absolute Gasteiger partial charge is 0.224 e. The normalized spacial score (nSPS) is 15.5. The lowest BCUT2D eigenvalue weighted by Gasteiger charge is -2.34. The second-order valence-electron chi connectivity index (χ2n) is 7.53. The van der Waals surface area contributed by atoms with Gasteiger partial charge < -0.3 is 14.5 Å². The molecular formula is C21H31N5O2. The van der Waals surface area contributed by atoms with Crippen LogP contribution in [0, 0.1) is 5.92 Å². The summed E-state index contributed by atoms with van der Waals surface area (Å²) in [6.07, 6.45) is 6.91. The number of rotatable bonds is 9. The van der Waals surface area contributed by atoms with E-state index in [-0.39, 0.29) is 5.91 Å². The first-order chi connectivity index (χ1) is 13.7. The lowest BCUT2D eigenvalue weighted by atomic mass is 9.96. The van der Waals surface area contributed by atoms with Crippen molar-refractivity contribution in [1.29, 1.82) is 0 Å². The molecule has 0 radical (unpaired) electrons. The highest BCUT2D eigenvalue weighted by molar-refractivity contribution is 5.75. The van der Waals surface area contributed by atoms with Gasteiger partial charge in [-0.15, -0.1) is 0 Å². The Morgan fingerprint density at radius 3 is 2.75 bits per heavy atom. The van der Waals surface area contributed by atoms with Gasteiger partial charge in [0.2, 0.25) is 5.91 Å². The monoisotopic (exact) mass is 385 g/mol. The summed E-state index contributed by atoms with van der Waals surface area (Å²) in [6.45, 7) is 4.68. The third-order valence-electron chi connectivity index (χ3n) is 5.58. The van der Waals surface area contributed by atoms with Gasteiger partial charge in [-0.3, -0.25) is 9.48 Å². The van der Waals surface area contributed by atoms with E-state index in [9.17, 15) is 4.79 Å². The molecule has 2 heterocycles. The summed E-state index contributed by atoms with van der Waals surface area (Å²) >= 11 is 0. The average Bonchev–Trinajstić information content (AvgIpc) is 3.25. The number of likely N-dealkylation sites (tertiary alicyclic amines) is 1. The van der Waals surface area contributed by atoms with E-state index >= 15 is 0 Å². The molecule has 0 bridgehead atoms. The predicted molar refractivity (Wildman–Crippen MR) is 108 cm³/mol. The molecule has 1 aliphatic rings. The number of carbonyl (C=O) groups is 1. The SMILES string of the molecule is COc1ccccc1CCN1CCC(CN(C)C(=O)CCn2cncn2)CC1. The van der Waals surface area contributed by atoms with Crippen molar-refractivity contribution in [3.63, 3.8) is 0 Å². The van der Waals surface area contributed by atoms with Crippen molar-refractivity contribution in [1.82, 2.24) is 24.6 Å². The Balaban J connectivity index is 1.36. The highest BCUT2D eigenvalue weighted by Crippen LogP contribution is 2.21. The maximum absolute atomic E-state index is 12.3. The number of ether oxygens (including phenoxy) is 1. The zero-order chi connectivity index (χ0) is 19.8. The molecule has 0 aliphatic carbocycles. The maximum Gasteiger partial charge on any atom is 0.224 e. The van der Waals surface area contributed by atoms with Crippen LogP contribution in [0.25, 0.3) is 0 Å². The fourth-order valence-electron chi connectivity index (χ4n) is 3.82. The number of nitrogens with zero attached hydrogens (tertiary/aromatic N) is 5. The molecule has 3 rings (SSSR count). The van der Waals surface area contributed by atoms with Crippen LogP contribution in [0.15, 0.2) is 36.9 Å². The van der Waals surface area contributed by atoms with E-state index in [1.165, 1.54) is 11.9 Å². The number of aromatic nitrogens is 3. The molecule has 0 unspecified atom stereocenters. The van der Waals surface area contributed by atoms with Crippen LogP contribution in [0.2, 0.25) is 0 Å². The number of hydrogen-bond donors (Lipinski definition) is 0. The van der Waals surface area contributed by atoms with Crippen molar-refractivity contribution in [2.24, 2.45) is 5.92 Å². The van der Waals surface area contributed by atoms with Gasteiger partial charge in [0.05, 0.1) is 13.7 Å². The van der Waals surface area contributed by atoms with Gasteiger partial charge in [0.1, 0.15) is 18.4 Å². The molecule has 1 fully saturated rings. The second-order valence-corrected chi connectivity index (χ2v) is 7.53. The van der Waals surface area contributed by atoms with Crippen LogP contribution >= 0.6 is 0 Å². The van der Waals surface area contributed by atoms with Gasteiger partial charge >= 0.3 is 0 Å². The molecule has 1 aromatic carbocycles. The molecule has 7 heteroatoms. The molecule has 1 aliphatic heterocycles. The van der Waals surface area contributed by atoms with Crippen LogP contribution in [0.4, 0.5) is 0 Å². The number of para-hydroxylation sites is 1. The van der Waals surface area contributed by atoms with E-state index in [2.05, 4.69) is 27.1 Å². The van der Waals surface area contributed by atoms with E-state index in [0.29, 0.717) is 18.9 Å². The van der Waals surface area contributed by atoms with Crippen molar-refractivity contribution in [3.05, 3.63) is 42.5 Å². The summed E-state index contributed by atoms with van der Waals surface area (Å²) in [5.41, 5.74) is 1.27. The molecule has 2 aromatic rings. The molecule has 7 nitrogen and oxygen atoms in total. The van der Waals surface area contributed by atoms with Crippen LogP contribution < -0.4 is 4.74 Å². The Labute approximate surface area is 167 Å². The van der Waals surface area contributed by atoms with Gasteiger partial charge in [0.25, 0.3) is 0 Å². The number of benzene rings is 1. The Kier molecular flexibility index (Phi) is 7.42. The minimum atomic E-state index is 0.175. The topological polar surface area (TPSA) is 63.5 Å². The largest absolute Gasteiger partial charge is 0.496 e. The number of carbonyl (C=O) groups excluding carboxylic acids is 1. The van der Waals surface area contributed by atoms with Gasteiger partial charge in [-0.2, -0.15) is 5.10 Å². The Hall–Kier alpha value is -2.41. The lowest BCUT2D eigenvalue weighted by molar-refractivity contribution is -0.131. The molecule has 0 saturated carbocycles. The first-order valence-electron chi connectivity index (χ1n) is 10.1. The molecule has 0 atom stereocenters. The van der Waals surface area contributed by atoms with Crippen molar-refractivity contribution >= 4 is 5.91 Å². The van der Waals surface area contributed by atoms with E-state index in [1.807, 2.05) is 24.1 Å². The summed E-state index contributed by atoms with van der Waals surface area (Å²) < 4.78 is 7.15. The lowest BCUT2D eigenvalue weighted by Crippen LogP contribution is -2.40. The molecule has 1 saturated heterocycles. The number of amides is 1. The first-order valence-corrected chi connectivity index (χ1v) is 10.1. The Bertz CT molecular complexity index is 726. The number of aryl methyl sites for hydroxylation is 1. The number of hydrogen-bond acceptors (Lipinski definition) is 5. The third-order valence-corrected chi connectivity index (χ3v) is 5.58. The molecule has 28 heavy (non-hydrogen) atoms. The molecular weight excluding hydrogens is 354 g/mol. The van der Waals surface area contributed by atoms with Gasteiger partial charge in [-0.1, -0.05) is 18.2 Å². The fourth-order valence-corrected chi connectivity index (χ4v) is 3.82. The van der Waals surface area contributed by atoms with E-state index < -0.39 is 0 Å². The summed E-state index contributed by atoms with van der Waals surface area (Å²) in [4.78, 5) is 20.6. The molecule has 0 spiro atoms. The van der Waals surface area contributed by atoms with Gasteiger partial charge in [-0.05, 0) is 49.9 Å². The van der Waals surface area contributed by atoms with Crippen LogP contribution in [0.5, 0.6) is 5.75 Å². The van der Waals surface area contributed by atoms with Gasteiger partial charge in [0, 0.05) is 26.6 Å². The van der Waals surface area contributed by atoms with E-state index in [0.717, 1.165) is 51.2 Å². The van der Waals surface area contributed by atoms with Crippen molar-refractivity contribution in [2.45, 2.75) is 32.2 Å². The van der Waals surface area contributed by atoms with Crippen molar-refractivity contribution in [3.8, 4) is 5.75 Å². The highest BCUT2D eigenvalue weighted by atomic mass is 16.5. The third kappa shape index (κ3) is 5.79. The van der Waals surface area contributed by atoms with E-state index in [1.54, 1.807) is 18.1 Å². The van der Waals surface area contributed by atoms with Crippen LogP contribution in [-0.2, 0) is 17.8 Å². The minimum absolute atomic E-state index is 0.175. The fraction of sp³-hybridized carbons (Fsp3) is 0.571. The standard InChI is InChI=1S/C21H31N5O2/c1-24(21(27)10-14-26-17-22-16-23-26)15-18-7-11-25(12-8-18)13-9-19-5-3-4-6-20(19)28-2/h3-6,16-18H,7-15H2,1-2H3. The Morgan fingerprint density at radius 1 is 1.25 bits per heavy atom. The minimum Gasteiger partial charge on any atom is -0.496 e. The zero-order valence-electron chi connectivity index (χ0n) is 17.0. The zero-order valence-corrected chi connectivity index (χ0v) is 17.0. The summed E-state index contributed by atoms with van der Waals surface area (Å²) in [5, 5.41) is 4.04. The van der Waals surface area contributed by atoms with Crippen LogP contribution in [-0.4, -0.2) is 70.8 Å². The van der Waals surface area contributed by atoms with Gasteiger partial charge in [-0.25, -0.2) is 4.98 Å². The summed E-state index contributed by atoms with van der Waals surface area (Å²) in [5.74, 6) is 1.74. The maximum atomic E-state index is 12.3. The van der Waals surface area contributed by atoms with Crippen LogP contribution in [0.3, 0.4) is 0 Å². The second kappa shape index (κ2) is 10.2. The molecule has 1 amide bonds. The number of piperidine rings is 1. The molecule has 152 valence electrons. The average molecular weight is 386 g/mol. The summed E-state index contributed by atoms with van der Waals surface area (Å²) in [6, 6.07) is 8.25. The van der Waals surface area contributed by atoms with E-state index in [4.69, 9.17) is 4.74 Å². The van der Waals surface area contributed by atoms with Crippen molar-refractivity contribution in [2.75, 3.05) is 40.3 Å². The van der Waals surface area contributed by atoms with Gasteiger partial charge in [0.15, 0.2) is 0 Å². The molecule has 1 aromatic heterocycles. The summed E-state index contributed by atoms with van der Waals surface area (Å²) in [7, 11) is 3.64.